The number of anilines is 1. The average molecular weight is 342 g/mol. The quantitative estimate of drug-likeness (QED) is 0.904. The molecule has 0 saturated heterocycles. The van der Waals surface area contributed by atoms with Crippen molar-refractivity contribution in [3.8, 4) is 5.69 Å². The highest BCUT2D eigenvalue weighted by molar-refractivity contribution is 9.10. The van der Waals surface area contributed by atoms with Gasteiger partial charge in [0.05, 0.1) is 18.0 Å². The standard InChI is InChI=1S/C14H17BrFN3O/c1-9-7-19(13-5-4-11(15)6-12(13)16)14(17-9)18-10(2)8-20-3/h4-7,10H,8H2,1-3H3,(H,17,18). The summed E-state index contributed by atoms with van der Waals surface area (Å²) in [5.74, 6) is 0.299. The van der Waals surface area contributed by atoms with Gasteiger partial charge >= 0.3 is 0 Å². The molecular weight excluding hydrogens is 325 g/mol. The number of nitrogens with one attached hydrogen (secondary N) is 1. The van der Waals surface area contributed by atoms with E-state index in [2.05, 4.69) is 26.2 Å². The molecule has 0 aliphatic carbocycles. The first kappa shape index (κ1) is 15.0. The van der Waals surface area contributed by atoms with Crippen LogP contribution in [-0.2, 0) is 4.74 Å². The molecule has 1 heterocycles. The number of benzene rings is 1. The summed E-state index contributed by atoms with van der Waals surface area (Å²) in [6.07, 6.45) is 1.80. The van der Waals surface area contributed by atoms with E-state index in [-0.39, 0.29) is 11.9 Å². The van der Waals surface area contributed by atoms with Gasteiger partial charge < -0.3 is 10.1 Å². The molecule has 2 rings (SSSR count). The van der Waals surface area contributed by atoms with Crippen molar-refractivity contribution in [2.45, 2.75) is 19.9 Å². The fourth-order valence-corrected chi connectivity index (χ4v) is 2.31. The molecule has 0 spiro atoms. The largest absolute Gasteiger partial charge is 0.383 e. The summed E-state index contributed by atoms with van der Waals surface area (Å²) in [7, 11) is 1.64. The topological polar surface area (TPSA) is 39.1 Å². The van der Waals surface area contributed by atoms with Crippen molar-refractivity contribution in [3.05, 3.63) is 40.4 Å². The van der Waals surface area contributed by atoms with E-state index in [0.717, 1.165) is 5.69 Å². The van der Waals surface area contributed by atoms with E-state index in [4.69, 9.17) is 4.74 Å². The zero-order chi connectivity index (χ0) is 14.7. The van der Waals surface area contributed by atoms with E-state index in [9.17, 15) is 4.39 Å². The van der Waals surface area contributed by atoms with Crippen LogP contribution in [0, 0.1) is 12.7 Å². The number of rotatable bonds is 5. The third-order valence-corrected chi connectivity index (χ3v) is 3.28. The predicted molar refractivity (Wildman–Crippen MR) is 80.9 cm³/mol. The Balaban J connectivity index is 2.36. The van der Waals surface area contributed by atoms with Gasteiger partial charge in [0.2, 0.25) is 5.95 Å². The first-order valence-electron chi connectivity index (χ1n) is 6.28. The summed E-state index contributed by atoms with van der Waals surface area (Å²) in [6.45, 7) is 4.41. The monoisotopic (exact) mass is 341 g/mol. The summed E-state index contributed by atoms with van der Waals surface area (Å²) in [5, 5.41) is 3.22. The van der Waals surface area contributed by atoms with E-state index in [1.807, 2.05) is 13.8 Å². The molecule has 1 unspecified atom stereocenters. The molecule has 1 aromatic carbocycles. The van der Waals surface area contributed by atoms with Gasteiger partial charge in [-0.3, -0.25) is 4.57 Å². The van der Waals surface area contributed by atoms with Gasteiger partial charge in [-0.15, -0.1) is 0 Å². The molecule has 0 saturated carbocycles. The Morgan fingerprint density at radius 3 is 2.90 bits per heavy atom. The van der Waals surface area contributed by atoms with E-state index in [0.29, 0.717) is 22.7 Å². The molecule has 0 bridgehead atoms. The van der Waals surface area contributed by atoms with Gasteiger partial charge in [0.25, 0.3) is 0 Å². The van der Waals surface area contributed by atoms with E-state index < -0.39 is 0 Å². The minimum Gasteiger partial charge on any atom is -0.383 e. The molecule has 0 amide bonds. The van der Waals surface area contributed by atoms with Crippen LogP contribution in [0.15, 0.2) is 28.9 Å². The van der Waals surface area contributed by atoms with Gasteiger partial charge in [-0.2, -0.15) is 0 Å². The number of hydrogen-bond donors (Lipinski definition) is 1. The summed E-state index contributed by atoms with van der Waals surface area (Å²) < 4.78 is 21.6. The van der Waals surface area contributed by atoms with Crippen molar-refractivity contribution in [2.75, 3.05) is 19.0 Å². The van der Waals surface area contributed by atoms with Gasteiger partial charge in [0.15, 0.2) is 0 Å². The highest BCUT2D eigenvalue weighted by atomic mass is 79.9. The number of halogens is 2. The Labute approximate surface area is 126 Å². The summed E-state index contributed by atoms with van der Waals surface area (Å²) in [5.41, 5.74) is 1.28. The third kappa shape index (κ3) is 3.37. The van der Waals surface area contributed by atoms with Crippen LogP contribution >= 0.6 is 15.9 Å². The lowest BCUT2D eigenvalue weighted by atomic mass is 10.3. The summed E-state index contributed by atoms with van der Waals surface area (Å²) in [6, 6.07) is 5.04. The Kier molecular flexibility index (Phi) is 4.77. The molecule has 2 aromatic rings. The van der Waals surface area contributed by atoms with Gasteiger partial charge in [0, 0.05) is 23.8 Å². The van der Waals surface area contributed by atoms with Gasteiger partial charge in [-0.1, -0.05) is 15.9 Å². The lowest BCUT2D eigenvalue weighted by molar-refractivity contribution is 0.190. The summed E-state index contributed by atoms with van der Waals surface area (Å²) in [4.78, 5) is 4.39. The van der Waals surface area contributed by atoms with E-state index in [1.165, 1.54) is 6.07 Å². The molecule has 0 fully saturated rings. The van der Waals surface area contributed by atoms with Crippen LogP contribution in [0.1, 0.15) is 12.6 Å². The van der Waals surface area contributed by atoms with Crippen LogP contribution in [0.5, 0.6) is 0 Å². The second kappa shape index (κ2) is 6.37. The van der Waals surface area contributed by atoms with Gasteiger partial charge in [-0.05, 0) is 32.0 Å². The summed E-state index contributed by atoms with van der Waals surface area (Å²) >= 11 is 3.26. The predicted octanol–water partition coefficient (Wildman–Crippen LogP) is 3.53. The first-order valence-corrected chi connectivity index (χ1v) is 7.07. The van der Waals surface area contributed by atoms with Crippen molar-refractivity contribution >= 4 is 21.9 Å². The van der Waals surface area contributed by atoms with Crippen molar-refractivity contribution in [3.63, 3.8) is 0 Å². The van der Waals surface area contributed by atoms with Crippen molar-refractivity contribution < 1.29 is 9.13 Å². The number of aryl methyl sites for hydroxylation is 1. The Bertz CT molecular complexity index is 600. The van der Waals surface area contributed by atoms with Crippen molar-refractivity contribution in [2.24, 2.45) is 0 Å². The van der Waals surface area contributed by atoms with Crippen LogP contribution in [0.2, 0.25) is 0 Å². The lowest BCUT2D eigenvalue weighted by Gasteiger charge is -2.15. The lowest BCUT2D eigenvalue weighted by Crippen LogP contribution is -2.23. The molecule has 6 heteroatoms. The van der Waals surface area contributed by atoms with Crippen LogP contribution in [0.25, 0.3) is 5.69 Å². The molecule has 108 valence electrons. The van der Waals surface area contributed by atoms with Crippen LogP contribution in [-0.4, -0.2) is 29.3 Å². The minimum atomic E-state index is -0.306. The fourth-order valence-electron chi connectivity index (χ4n) is 1.97. The Hall–Kier alpha value is -1.40. The zero-order valence-electron chi connectivity index (χ0n) is 11.7. The molecule has 0 aliphatic heterocycles. The van der Waals surface area contributed by atoms with E-state index in [1.54, 1.807) is 30.0 Å². The van der Waals surface area contributed by atoms with Crippen LogP contribution in [0.3, 0.4) is 0 Å². The molecule has 1 atom stereocenters. The van der Waals surface area contributed by atoms with Crippen molar-refractivity contribution in [1.29, 1.82) is 0 Å². The van der Waals surface area contributed by atoms with Gasteiger partial charge in [-0.25, -0.2) is 9.37 Å². The molecule has 1 aromatic heterocycles. The van der Waals surface area contributed by atoms with Crippen LogP contribution in [0.4, 0.5) is 10.3 Å². The maximum absolute atomic E-state index is 14.1. The molecule has 20 heavy (non-hydrogen) atoms. The highest BCUT2D eigenvalue weighted by Crippen LogP contribution is 2.23. The minimum absolute atomic E-state index is 0.0825. The number of imidazole rings is 1. The highest BCUT2D eigenvalue weighted by Gasteiger charge is 2.13. The molecular formula is C14H17BrFN3O. The van der Waals surface area contributed by atoms with E-state index >= 15 is 0 Å². The maximum atomic E-state index is 14.1. The second-order valence-electron chi connectivity index (χ2n) is 4.67. The zero-order valence-corrected chi connectivity index (χ0v) is 13.2. The SMILES string of the molecule is COCC(C)Nc1nc(C)cn1-c1ccc(Br)cc1F. The third-order valence-electron chi connectivity index (χ3n) is 2.79. The van der Waals surface area contributed by atoms with Crippen molar-refractivity contribution in [1.82, 2.24) is 9.55 Å². The number of aromatic nitrogens is 2. The molecule has 4 nitrogen and oxygen atoms in total. The molecule has 0 radical (unpaired) electrons. The van der Waals surface area contributed by atoms with Gasteiger partial charge in [0.1, 0.15) is 5.82 Å². The smallest absolute Gasteiger partial charge is 0.208 e. The molecule has 0 aliphatic rings. The fraction of sp³-hybridized carbons (Fsp3) is 0.357. The Morgan fingerprint density at radius 2 is 2.25 bits per heavy atom. The first-order chi connectivity index (χ1) is 9.51. The maximum Gasteiger partial charge on any atom is 0.208 e. The number of hydrogen-bond acceptors (Lipinski definition) is 3. The van der Waals surface area contributed by atoms with Crippen LogP contribution < -0.4 is 5.32 Å². The Morgan fingerprint density at radius 1 is 1.50 bits per heavy atom. The average Bonchev–Trinajstić information content (AvgIpc) is 2.70. The number of ether oxygens (including phenoxy) is 1. The number of methoxy groups -OCH3 is 1. The molecule has 1 N–H and O–H groups in total. The normalized spacial score (nSPS) is 12.4. The second-order valence-corrected chi connectivity index (χ2v) is 5.59. The number of nitrogens with zero attached hydrogens (tertiary/aromatic N) is 2.